The third kappa shape index (κ3) is 1.45. The highest BCUT2D eigenvalue weighted by Gasteiger charge is 2.25. The quantitative estimate of drug-likeness (QED) is 0.744. The molecule has 0 aromatic carbocycles. The normalized spacial score (nSPS) is 14.9. The lowest BCUT2D eigenvalue weighted by atomic mass is 9.97. The Morgan fingerprint density at radius 1 is 1.44 bits per heavy atom. The molecule has 18 heavy (non-hydrogen) atoms. The first kappa shape index (κ1) is 11.0. The van der Waals surface area contributed by atoms with Crippen LogP contribution in [0, 0.1) is 6.92 Å². The van der Waals surface area contributed by atoms with Crippen molar-refractivity contribution in [2.75, 3.05) is 6.54 Å². The molecule has 94 valence electrons. The van der Waals surface area contributed by atoms with Crippen LogP contribution in [-0.4, -0.2) is 27.5 Å². The van der Waals surface area contributed by atoms with Crippen LogP contribution in [0.5, 0.6) is 0 Å². The van der Waals surface area contributed by atoms with Crippen molar-refractivity contribution in [1.29, 1.82) is 0 Å². The molecule has 2 aromatic heterocycles. The number of H-pyrrole nitrogens is 1. The Morgan fingerprint density at radius 3 is 2.94 bits per heavy atom. The minimum absolute atomic E-state index is 0.0119. The number of nitrogens with one attached hydrogen (secondary N) is 1. The number of fused-ring (bicyclic) bond motifs is 3. The number of aromatic amines is 1. The summed E-state index contributed by atoms with van der Waals surface area (Å²) in [4.78, 5) is 27.7. The van der Waals surface area contributed by atoms with Gasteiger partial charge in [0.05, 0.1) is 17.6 Å². The maximum atomic E-state index is 12.0. The summed E-state index contributed by atoms with van der Waals surface area (Å²) in [5.74, 6) is -0.0119. The Kier molecular flexibility index (Phi) is 2.26. The zero-order valence-electron chi connectivity index (χ0n) is 10.2. The van der Waals surface area contributed by atoms with Crippen LogP contribution in [0.15, 0.2) is 9.32 Å². The van der Waals surface area contributed by atoms with Crippen molar-refractivity contribution >= 4 is 17.0 Å². The molecule has 0 spiro atoms. The van der Waals surface area contributed by atoms with E-state index in [2.05, 4.69) is 10.1 Å². The van der Waals surface area contributed by atoms with Crippen LogP contribution in [0.1, 0.15) is 23.7 Å². The number of hydrogen-bond acceptors (Lipinski definition) is 4. The van der Waals surface area contributed by atoms with Crippen LogP contribution >= 0.6 is 0 Å². The topological polar surface area (TPSA) is 79.2 Å². The molecule has 1 N–H and O–H groups in total. The number of aromatic nitrogens is 2. The highest BCUT2D eigenvalue weighted by Crippen LogP contribution is 2.25. The molecule has 1 amide bonds. The van der Waals surface area contributed by atoms with E-state index < -0.39 is 0 Å². The van der Waals surface area contributed by atoms with E-state index in [1.807, 2.05) is 6.92 Å². The van der Waals surface area contributed by atoms with Gasteiger partial charge in [-0.3, -0.25) is 14.6 Å². The van der Waals surface area contributed by atoms with Crippen molar-refractivity contribution in [3.05, 3.63) is 27.2 Å². The SMILES string of the molecule is CC(=O)N1CCc2c(c(=O)[nH]c3onc(C)c23)C1. The van der Waals surface area contributed by atoms with Crippen molar-refractivity contribution in [3.63, 3.8) is 0 Å². The van der Waals surface area contributed by atoms with Crippen LogP contribution in [0.4, 0.5) is 0 Å². The van der Waals surface area contributed by atoms with E-state index in [1.165, 1.54) is 6.92 Å². The first-order valence-electron chi connectivity index (χ1n) is 5.83. The zero-order chi connectivity index (χ0) is 12.9. The Morgan fingerprint density at radius 2 is 2.22 bits per heavy atom. The fraction of sp³-hybridized carbons (Fsp3) is 0.417. The molecule has 0 fully saturated rings. The van der Waals surface area contributed by atoms with Gasteiger partial charge in [0.1, 0.15) is 0 Å². The summed E-state index contributed by atoms with van der Waals surface area (Å²) in [6.45, 7) is 4.36. The lowest BCUT2D eigenvalue weighted by molar-refractivity contribution is -0.129. The molecule has 1 aliphatic heterocycles. The van der Waals surface area contributed by atoms with Gasteiger partial charge in [0.25, 0.3) is 5.56 Å². The van der Waals surface area contributed by atoms with E-state index in [0.717, 1.165) is 16.6 Å². The molecular formula is C12H13N3O3. The van der Waals surface area contributed by atoms with Gasteiger partial charge in [0.15, 0.2) is 0 Å². The molecule has 1 aliphatic rings. The fourth-order valence-corrected chi connectivity index (χ4v) is 2.51. The number of amides is 1. The number of carbonyl (C=O) groups is 1. The summed E-state index contributed by atoms with van der Waals surface area (Å²) in [5.41, 5.74) is 2.61. The lowest BCUT2D eigenvalue weighted by Gasteiger charge is -2.27. The summed E-state index contributed by atoms with van der Waals surface area (Å²) < 4.78 is 5.08. The van der Waals surface area contributed by atoms with Gasteiger partial charge in [0, 0.05) is 19.0 Å². The van der Waals surface area contributed by atoms with E-state index in [0.29, 0.717) is 30.8 Å². The Bertz CT molecular complexity index is 698. The van der Waals surface area contributed by atoms with Crippen LogP contribution in [-0.2, 0) is 17.8 Å². The first-order chi connectivity index (χ1) is 8.58. The van der Waals surface area contributed by atoms with Gasteiger partial charge in [-0.05, 0) is 18.9 Å². The first-order valence-corrected chi connectivity index (χ1v) is 5.83. The van der Waals surface area contributed by atoms with Crippen molar-refractivity contribution < 1.29 is 9.32 Å². The average molecular weight is 247 g/mol. The van der Waals surface area contributed by atoms with Crippen molar-refractivity contribution in [2.24, 2.45) is 0 Å². The van der Waals surface area contributed by atoms with Gasteiger partial charge < -0.3 is 9.42 Å². The van der Waals surface area contributed by atoms with Crippen LogP contribution < -0.4 is 5.56 Å². The van der Waals surface area contributed by atoms with Gasteiger partial charge in [-0.1, -0.05) is 5.16 Å². The minimum atomic E-state index is -0.195. The predicted octanol–water partition coefficient (Wildman–Crippen LogP) is 0.729. The summed E-state index contributed by atoms with van der Waals surface area (Å²) in [6.07, 6.45) is 0.664. The van der Waals surface area contributed by atoms with Crippen LogP contribution in [0.3, 0.4) is 0 Å². The maximum Gasteiger partial charge on any atom is 0.256 e. The Balaban J connectivity index is 2.24. The van der Waals surface area contributed by atoms with Crippen LogP contribution in [0.25, 0.3) is 11.1 Å². The number of rotatable bonds is 0. The number of pyridine rings is 1. The van der Waals surface area contributed by atoms with E-state index in [1.54, 1.807) is 4.90 Å². The number of carbonyl (C=O) groups excluding carboxylic acids is 1. The van der Waals surface area contributed by atoms with Crippen molar-refractivity contribution in [1.82, 2.24) is 15.0 Å². The molecule has 0 radical (unpaired) electrons. The van der Waals surface area contributed by atoms with Crippen LogP contribution in [0.2, 0.25) is 0 Å². The number of hydrogen-bond donors (Lipinski definition) is 1. The van der Waals surface area contributed by atoms with Gasteiger partial charge in [-0.15, -0.1) is 0 Å². The molecule has 0 saturated carbocycles. The molecule has 0 aliphatic carbocycles. The molecule has 0 atom stereocenters. The zero-order valence-corrected chi connectivity index (χ0v) is 10.2. The smallest absolute Gasteiger partial charge is 0.256 e. The highest BCUT2D eigenvalue weighted by atomic mass is 16.5. The molecule has 2 aromatic rings. The molecule has 3 heterocycles. The molecule has 0 saturated heterocycles. The summed E-state index contributed by atoms with van der Waals surface area (Å²) in [5, 5.41) is 4.76. The second kappa shape index (κ2) is 3.69. The second-order valence-corrected chi connectivity index (χ2v) is 4.57. The average Bonchev–Trinajstić information content (AvgIpc) is 2.70. The van der Waals surface area contributed by atoms with E-state index >= 15 is 0 Å². The second-order valence-electron chi connectivity index (χ2n) is 4.57. The van der Waals surface area contributed by atoms with Crippen molar-refractivity contribution in [3.8, 4) is 0 Å². The Hall–Kier alpha value is -2.11. The van der Waals surface area contributed by atoms with Gasteiger partial charge in [-0.25, -0.2) is 0 Å². The molecular weight excluding hydrogens is 234 g/mol. The van der Waals surface area contributed by atoms with Gasteiger partial charge in [-0.2, -0.15) is 0 Å². The highest BCUT2D eigenvalue weighted by molar-refractivity contribution is 5.82. The molecule has 3 rings (SSSR count). The number of aryl methyl sites for hydroxylation is 1. The standard InChI is InChI=1S/C12H13N3O3/c1-6-10-8-3-4-15(7(2)16)5-9(8)11(17)13-12(10)18-14-6/h3-5H2,1-2H3,(H,13,17). The molecule has 0 bridgehead atoms. The van der Waals surface area contributed by atoms with Gasteiger partial charge >= 0.3 is 0 Å². The molecule has 6 heteroatoms. The van der Waals surface area contributed by atoms with E-state index in [-0.39, 0.29) is 11.5 Å². The predicted molar refractivity (Wildman–Crippen MR) is 64.2 cm³/mol. The number of nitrogens with zero attached hydrogens (tertiary/aromatic N) is 2. The van der Waals surface area contributed by atoms with E-state index in [9.17, 15) is 9.59 Å². The maximum absolute atomic E-state index is 12.0. The molecule has 6 nitrogen and oxygen atoms in total. The lowest BCUT2D eigenvalue weighted by Crippen LogP contribution is -2.37. The summed E-state index contributed by atoms with van der Waals surface area (Å²) in [7, 11) is 0. The third-order valence-corrected chi connectivity index (χ3v) is 3.46. The Labute approximate surface area is 103 Å². The van der Waals surface area contributed by atoms with Crippen molar-refractivity contribution in [2.45, 2.75) is 26.8 Å². The minimum Gasteiger partial charge on any atom is -0.338 e. The van der Waals surface area contributed by atoms with Gasteiger partial charge in [0.2, 0.25) is 11.6 Å². The summed E-state index contributed by atoms with van der Waals surface area (Å²) in [6, 6.07) is 0. The largest absolute Gasteiger partial charge is 0.338 e. The monoisotopic (exact) mass is 247 g/mol. The fourth-order valence-electron chi connectivity index (χ4n) is 2.51. The molecule has 0 unspecified atom stereocenters. The third-order valence-electron chi connectivity index (χ3n) is 3.46. The van der Waals surface area contributed by atoms with E-state index in [4.69, 9.17) is 4.52 Å². The summed E-state index contributed by atoms with van der Waals surface area (Å²) >= 11 is 0.